The molecule has 15 heavy (non-hydrogen) atoms. The number of hydrogen-bond acceptors (Lipinski definition) is 3. The Morgan fingerprint density at radius 3 is 2.67 bits per heavy atom. The van der Waals surface area contributed by atoms with Gasteiger partial charge in [0.25, 0.3) is 0 Å². The van der Waals surface area contributed by atoms with E-state index >= 15 is 0 Å². The highest BCUT2D eigenvalue weighted by atomic mass is 16.2. The van der Waals surface area contributed by atoms with Gasteiger partial charge in [0, 0.05) is 31.8 Å². The van der Waals surface area contributed by atoms with Crippen molar-refractivity contribution in [3.8, 4) is 0 Å². The van der Waals surface area contributed by atoms with Crippen molar-refractivity contribution >= 4 is 0 Å². The van der Waals surface area contributed by atoms with Crippen molar-refractivity contribution in [2.24, 2.45) is 0 Å². The molecule has 90 valence electrons. The molecule has 2 unspecified atom stereocenters. The van der Waals surface area contributed by atoms with Gasteiger partial charge in [0.1, 0.15) is 0 Å². The largest absolute Gasteiger partial charge is 0.396 e. The molecule has 1 aliphatic rings. The highest BCUT2D eigenvalue weighted by Crippen LogP contribution is 2.12. The average molecular weight is 214 g/mol. The third kappa shape index (κ3) is 4.09. The summed E-state index contributed by atoms with van der Waals surface area (Å²) in [7, 11) is 0. The van der Waals surface area contributed by atoms with Crippen molar-refractivity contribution < 1.29 is 5.11 Å². The van der Waals surface area contributed by atoms with Crippen LogP contribution in [0, 0.1) is 0 Å². The van der Waals surface area contributed by atoms with E-state index in [1.807, 2.05) is 0 Å². The third-order valence-corrected chi connectivity index (χ3v) is 3.43. The van der Waals surface area contributed by atoms with Gasteiger partial charge in [-0.3, -0.25) is 4.90 Å². The quantitative estimate of drug-likeness (QED) is 0.653. The Balaban J connectivity index is 2.33. The van der Waals surface area contributed by atoms with E-state index in [-0.39, 0.29) is 0 Å². The zero-order valence-corrected chi connectivity index (χ0v) is 10.2. The molecule has 2 atom stereocenters. The third-order valence-electron chi connectivity index (χ3n) is 3.43. The highest BCUT2D eigenvalue weighted by Gasteiger charge is 2.24. The second-order valence-corrected chi connectivity index (χ2v) is 4.50. The van der Waals surface area contributed by atoms with Crippen LogP contribution in [0.25, 0.3) is 0 Å². The summed E-state index contributed by atoms with van der Waals surface area (Å²) in [5.41, 5.74) is 0. The standard InChI is InChI=1S/C12H26N2O/c1-3-11-10-14(7-5-6-8-15)12(4-2)9-13-11/h11-13,15H,3-10H2,1-2H3. The maximum atomic E-state index is 8.79. The Labute approximate surface area is 93.9 Å². The SMILES string of the molecule is CCC1CN(CCCCO)C(CC)CN1. The Bertz CT molecular complexity index is 164. The molecule has 0 saturated carbocycles. The molecule has 1 fully saturated rings. The lowest BCUT2D eigenvalue weighted by Gasteiger charge is -2.40. The molecular formula is C12H26N2O. The van der Waals surface area contributed by atoms with Crippen LogP contribution in [0.3, 0.4) is 0 Å². The lowest BCUT2D eigenvalue weighted by atomic mass is 10.0. The first-order valence-corrected chi connectivity index (χ1v) is 6.40. The van der Waals surface area contributed by atoms with E-state index in [0.717, 1.165) is 25.9 Å². The molecule has 1 rings (SSSR count). The van der Waals surface area contributed by atoms with Gasteiger partial charge in [-0.15, -0.1) is 0 Å². The summed E-state index contributed by atoms with van der Waals surface area (Å²) in [5.74, 6) is 0. The van der Waals surface area contributed by atoms with Gasteiger partial charge in [0.2, 0.25) is 0 Å². The van der Waals surface area contributed by atoms with E-state index in [2.05, 4.69) is 24.1 Å². The molecule has 0 radical (unpaired) electrons. The summed E-state index contributed by atoms with van der Waals surface area (Å²) in [6.07, 6.45) is 4.51. The first kappa shape index (κ1) is 12.9. The maximum absolute atomic E-state index is 8.79. The summed E-state index contributed by atoms with van der Waals surface area (Å²) < 4.78 is 0. The average Bonchev–Trinajstić information content (AvgIpc) is 2.29. The predicted octanol–water partition coefficient (Wildman–Crippen LogP) is 1.22. The Hall–Kier alpha value is -0.120. The number of hydrogen-bond donors (Lipinski definition) is 2. The summed E-state index contributed by atoms with van der Waals surface area (Å²) >= 11 is 0. The Kier molecular flexibility index (Phi) is 6.22. The lowest BCUT2D eigenvalue weighted by molar-refractivity contribution is 0.120. The number of aliphatic hydroxyl groups excluding tert-OH is 1. The van der Waals surface area contributed by atoms with Gasteiger partial charge in [-0.25, -0.2) is 0 Å². The molecule has 0 bridgehead atoms. The van der Waals surface area contributed by atoms with E-state index in [9.17, 15) is 0 Å². The summed E-state index contributed by atoms with van der Waals surface area (Å²) in [6, 6.07) is 1.37. The van der Waals surface area contributed by atoms with Crippen molar-refractivity contribution in [3.05, 3.63) is 0 Å². The monoisotopic (exact) mass is 214 g/mol. The van der Waals surface area contributed by atoms with Gasteiger partial charge in [0.15, 0.2) is 0 Å². The van der Waals surface area contributed by atoms with Crippen LogP contribution in [0.2, 0.25) is 0 Å². The Morgan fingerprint density at radius 2 is 2.07 bits per heavy atom. The molecular weight excluding hydrogens is 188 g/mol. The van der Waals surface area contributed by atoms with Crippen LogP contribution in [-0.2, 0) is 0 Å². The molecule has 3 nitrogen and oxygen atoms in total. The summed E-state index contributed by atoms with van der Waals surface area (Å²) in [6.45, 7) is 8.30. The van der Waals surface area contributed by atoms with E-state index in [1.165, 1.54) is 19.4 Å². The van der Waals surface area contributed by atoms with Crippen molar-refractivity contribution in [3.63, 3.8) is 0 Å². The molecule has 1 saturated heterocycles. The number of piperazine rings is 1. The van der Waals surface area contributed by atoms with Crippen LogP contribution in [0.4, 0.5) is 0 Å². The molecule has 0 aromatic heterocycles. The van der Waals surface area contributed by atoms with Crippen LogP contribution < -0.4 is 5.32 Å². The minimum Gasteiger partial charge on any atom is -0.396 e. The summed E-state index contributed by atoms with van der Waals surface area (Å²) in [5, 5.41) is 12.4. The molecule has 3 heteroatoms. The fraction of sp³-hybridized carbons (Fsp3) is 1.00. The van der Waals surface area contributed by atoms with E-state index in [0.29, 0.717) is 18.7 Å². The van der Waals surface area contributed by atoms with Crippen LogP contribution in [0.5, 0.6) is 0 Å². The second-order valence-electron chi connectivity index (χ2n) is 4.50. The first-order chi connectivity index (χ1) is 7.31. The molecule has 2 N–H and O–H groups in total. The van der Waals surface area contributed by atoms with E-state index in [4.69, 9.17) is 5.11 Å². The maximum Gasteiger partial charge on any atom is 0.0431 e. The van der Waals surface area contributed by atoms with Crippen molar-refractivity contribution in [2.75, 3.05) is 26.2 Å². The molecule has 0 amide bonds. The fourth-order valence-corrected chi connectivity index (χ4v) is 2.31. The van der Waals surface area contributed by atoms with Gasteiger partial charge in [-0.2, -0.15) is 0 Å². The molecule has 1 heterocycles. The molecule has 0 aromatic carbocycles. The predicted molar refractivity (Wildman–Crippen MR) is 64.1 cm³/mol. The molecule has 0 aromatic rings. The molecule has 0 spiro atoms. The van der Waals surface area contributed by atoms with Crippen molar-refractivity contribution in [2.45, 2.75) is 51.6 Å². The lowest BCUT2D eigenvalue weighted by Crippen LogP contribution is -2.56. The van der Waals surface area contributed by atoms with Gasteiger partial charge in [0.05, 0.1) is 0 Å². The fourth-order valence-electron chi connectivity index (χ4n) is 2.31. The van der Waals surface area contributed by atoms with Crippen molar-refractivity contribution in [1.29, 1.82) is 0 Å². The smallest absolute Gasteiger partial charge is 0.0431 e. The highest BCUT2D eigenvalue weighted by molar-refractivity contribution is 4.84. The number of nitrogens with zero attached hydrogens (tertiary/aromatic N) is 1. The zero-order valence-electron chi connectivity index (χ0n) is 10.2. The minimum absolute atomic E-state index is 0.333. The van der Waals surface area contributed by atoms with Gasteiger partial charge in [-0.05, 0) is 32.2 Å². The normalized spacial score (nSPS) is 28.2. The van der Waals surface area contributed by atoms with Crippen LogP contribution in [-0.4, -0.2) is 48.3 Å². The van der Waals surface area contributed by atoms with Crippen LogP contribution >= 0.6 is 0 Å². The first-order valence-electron chi connectivity index (χ1n) is 6.40. The topological polar surface area (TPSA) is 35.5 Å². The second kappa shape index (κ2) is 7.20. The zero-order chi connectivity index (χ0) is 11.1. The number of aliphatic hydroxyl groups is 1. The van der Waals surface area contributed by atoms with Crippen LogP contribution in [0.15, 0.2) is 0 Å². The Morgan fingerprint density at radius 1 is 1.27 bits per heavy atom. The summed E-state index contributed by atoms with van der Waals surface area (Å²) in [4.78, 5) is 2.60. The number of nitrogens with one attached hydrogen (secondary N) is 1. The molecule has 1 aliphatic heterocycles. The minimum atomic E-state index is 0.333. The van der Waals surface area contributed by atoms with Gasteiger partial charge < -0.3 is 10.4 Å². The number of unbranched alkanes of at least 4 members (excludes halogenated alkanes) is 1. The van der Waals surface area contributed by atoms with Gasteiger partial charge >= 0.3 is 0 Å². The van der Waals surface area contributed by atoms with E-state index in [1.54, 1.807) is 0 Å². The number of rotatable bonds is 6. The van der Waals surface area contributed by atoms with E-state index < -0.39 is 0 Å². The van der Waals surface area contributed by atoms with Crippen LogP contribution in [0.1, 0.15) is 39.5 Å². The molecule has 0 aliphatic carbocycles. The van der Waals surface area contributed by atoms with Crippen molar-refractivity contribution in [1.82, 2.24) is 10.2 Å². The van der Waals surface area contributed by atoms with Gasteiger partial charge in [-0.1, -0.05) is 13.8 Å².